The van der Waals surface area contributed by atoms with Gasteiger partial charge >= 0.3 is 0 Å². The van der Waals surface area contributed by atoms with Gasteiger partial charge in [-0.05, 0) is 30.5 Å². The van der Waals surface area contributed by atoms with E-state index in [9.17, 15) is 4.79 Å². The number of nitrogens with one attached hydrogen (secondary N) is 1. The Bertz CT molecular complexity index is 324. The van der Waals surface area contributed by atoms with Crippen LogP contribution in [-0.2, 0) is 11.2 Å². The molecule has 14 heavy (non-hydrogen) atoms. The second-order valence-electron chi connectivity index (χ2n) is 2.98. The van der Waals surface area contributed by atoms with Crippen LogP contribution in [0.5, 0.6) is 0 Å². The number of rotatable bonds is 5. The van der Waals surface area contributed by atoms with Gasteiger partial charge in [0.25, 0.3) is 0 Å². The molecular formula is C11H12N2O. The SMILES string of the molecule is N#Cc1ccc(CCCNC=O)cc1. The highest BCUT2D eigenvalue weighted by Crippen LogP contribution is 2.05. The van der Waals surface area contributed by atoms with Crippen molar-refractivity contribution in [1.29, 1.82) is 5.26 Å². The highest BCUT2D eigenvalue weighted by atomic mass is 16.1. The third-order valence-electron chi connectivity index (χ3n) is 1.95. The largest absolute Gasteiger partial charge is 0.359 e. The maximum atomic E-state index is 9.95. The van der Waals surface area contributed by atoms with Crippen LogP contribution >= 0.6 is 0 Å². The maximum absolute atomic E-state index is 9.95. The Labute approximate surface area is 83.4 Å². The fraction of sp³-hybridized carbons (Fsp3) is 0.273. The van der Waals surface area contributed by atoms with Crippen LogP contribution in [-0.4, -0.2) is 13.0 Å². The minimum absolute atomic E-state index is 0.680. The molecule has 1 N–H and O–H groups in total. The smallest absolute Gasteiger partial charge is 0.207 e. The lowest BCUT2D eigenvalue weighted by molar-refractivity contribution is -0.109. The van der Waals surface area contributed by atoms with Crippen molar-refractivity contribution in [2.24, 2.45) is 0 Å². The molecule has 0 fully saturated rings. The van der Waals surface area contributed by atoms with E-state index in [1.807, 2.05) is 24.3 Å². The van der Waals surface area contributed by atoms with E-state index in [4.69, 9.17) is 5.26 Å². The summed E-state index contributed by atoms with van der Waals surface area (Å²) in [5.41, 5.74) is 1.87. The monoisotopic (exact) mass is 188 g/mol. The number of nitriles is 1. The predicted octanol–water partition coefficient (Wildman–Crippen LogP) is 1.24. The number of amides is 1. The van der Waals surface area contributed by atoms with Gasteiger partial charge < -0.3 is 5.32 Å². The summed E-state index contributed by atoms with van der Waals surface area (Å²) < 4.78 is 0. The van der Waals surface area contributed by atoms with Crippen LogP contribution in [0.15, 0.2) is 24.3 Å². The summed E-state index contributed by atoms with van der Waals surface area (Å²) in [7, 11) is 0. The van der Waals surface area contributed by atoms with Crippen molar-refractivity contribution < 1.29 is 4.79 Å². The number of hydrogen-bond donors (Lipinski definition) is 1. The Balaban J connectivity index is 2.37. The Morgan fingerprint density at radius 3 is 2.64 bits per heavy atom. The average Bonchev–Trinajstić information content (AvgIpc) is 2.25. The zero-order chi connectivity index (χ0) is 10.2. The maximum Gasteiger partial charge on any atom is 0.207 e. The number of aryl methyl sites for hydroxylation is 1. The van der Waals surface area contributed by atoms with Gasteiger partial charge in [-0.25, -0.2) is 0 Å². The van der Waals surface area contributed by atoms with E-state index in [0.717, 1.165) is 12.8 Å². The van der Waals surface area contributed by atoms with Crippen molar-refractivity contribution in [2.45, 2.75) is 12.8 Å². The van der Waals surface area contributed by atoms with E-state index in [0.29, 0.717) is 18.5 Å². The minimum Gasteiger partial charge on any atom is -0.359 e. The molecule has 72 valence electrons. The summed E-state index contributed by atoms with van der Waals surface area (Å²) in [6.45, 7) is 0.698. The van der Waals surface area contributed by atoms with Crippen LogP contribution in [0.2, 0.25) is 0 Å². The molecule has 1 rings (SSSR count). The molecule has 1 amide bonds. The van der Waals surface area contributed by atoms with Crippen molar-refractivity contribution in [1.82, 2.24) is 5.32 Å². The molecule has 0 radical (unpaired) electrons. The average molecular weight is 188 g/mol. The number of nitrogens with zero attached hydrogens (tertiary/aromatic N) is 1. The summed E-state index contributed by atoms with van der Waals surface area (Å²) in [6.07, 6.45) is 2.55. The summed E-state index contributed by atoms with van der Waals surface area (Å²) in [4.78, 5) is 9.95. The van der Waals surface area contributed by atoms with Crippen molar-refractivity contribution in [2.75, 3.05) is 6.54 Å². The molecule has 0 heterocycles. The summed E-state index contributed by atoms with van der Waals surface area (Å²) >= 11 is 0. The minimum atomic E-state index is 0.680. The number of benzene rings is 1. The zero-order valence-corrected chi connectivity index (χ0v) is 7.86. The Morgan fingerprint density at radius 2 is 2.07 bits per heavy atom. The van der Waals surface area contributed by atoms with E-state index < -0.39 is 0 Å². The summed E-state index contributed by atoms with van der Waals surface area (Å²) in [5, 5.41) is 11.2. The fourth-order valence-corrected chi connectivity index (χ4v) is 1.20. The molecule has 0 aliphatic carbocycles. The quantitative estimate of drug-likeness (QED) is 0.558. The molecule has 1 aromatic rings. The molecule has 1 aromatic carbocycles. The highest BCUT2D eigenvalue weighted by Gasteiger charge is 1.93. The van der Waals surface area contributed by atoms with Gasteiger partial charge in [-0.3, -0.25) is 4.79 Å². The molecule has 0 spiro atoms. The van der Waals surface area contributed by atoms with Gasteiger partial charge in [0, 0.05) is 6.54 Å². The predicted molar refractivity (Wildman–Crippen MR) is 53.5 cm³/mol. The van der Waals surface area contributed by atoms with Gasteiger partial charge in [-0.15, -0.1) is 0 Å². The van der Waals surface area contributed by atoms with Crippen LogP contribution < -0.4 is 5.32 Å². The third kappa shape index (κ3) is 3.28. The fourth-order valence-electron chi connectivity index (χ4n) is 1.20. The topological polar surface area (TPSA) is 52.9 Å². The van der Waals surface area contributed by atoms with Gasteiger partial charge in [-0.1, -0.05) is 12.1 Å². The number of carbonyl (C=O) groups excluding carboxylic acids is 1. The summed E-state index contributed by atoms with van der Waals surface area (Å²) in [5.74, 6) is 0. The van der Waals surface area contributed by atoms with Crippen molar-refractivity contribution in [3.8, 4) is 6.07 Å². The first-order chi connectivity index (χ1) is 6.86. The van der Waals surface area contributed by atoms with E-state index in [1.165, 1.54) is 5.56 Å². The molecule has 0 bridgehead atoms. The molecule has 0 saturated heterocycles. The first-order valence-corrected chi connectivity index (χ1v) is 4.53. The molecule has 0 aliphatic rings. The van der Waals surface area contributed by atoms with Crippen LogP contribution in [0.25, 0.3) is 0 Å². The van der Waals surface area contributed by atoms with Crippen molar-refractivity contribution in [3.05, 3.63) is 35.4 Å². The number of hydrogen-bond acceptors (Lipinski definition) is 2. The Morgan fingerprint density at radius 1 is 1.36 bits per heavy atom. The van der Waals surface area contributed by atoms with Crippen molar-refractivity contribution in [3.63, 3.8) is 0 Å². The standard InChI is InChI=1S/C11H12N2O/c12-8-11-5-3-10(4-6-11)2-1-7-13-9-14/h3-6,9H,1-2,7H2,(H,13,14). The second-order valence-corrected chi connectivity index (χ2v) is 2.98. The molecule has 3 nitrogen and oxygen atoms in total. The molecule has 0 aliphatic heterocycles. The van der Waals surface area contributed by atoms with Gasteiger partial charge in [0.15, 0.2) is 0 Å². The summed E-state index contributed by atoms with van der Waals surface area (Å²) in [6, 6.07) is 9.58. The Kier molecular flexibility index (Phi) is 4.22. The van der Waals surface area contributed by atoms with Gasteiger partial charge in [0.05, 0.1) is 11.6 Å². The molecule has 0 unspecified atom stereocenters. The van der Waals surface area contributed by atoms with Crippen LogP contribution in [0, 0.1) is 11.3 Å². The highest BCUT2D eigenvalue weighted by molar-refractivity contribution is 5.45. The van der Waals surface area contributed by atoms with Crippen LogP contribution in [0.4, 0.5) is 0 Å². The Hall–Kier alpha value is -1.82. The zero-order valence-electron chi connectivity index (χ0n) is 7.86. The lowest BCUT2D eigenvalue weighted by Gasteiger charge is -2.00. The second kappa shape index (κ2) is 5.76. The third-order valence-corrected chi connectivity index (χ3v) is 1.95. The van der Waals surface area contributed by atoms with Crippen molar-refractivity contribution >= 4 is 6.41 Å². The number of carbonyl (C=O) groups is 1. The van der Waals surface area contributed by atoms with E-state index >= 15 is 0 Å². The molecular weight excluding hydrogens is 176 g/mol. The first kappa shape index (κ1) is 10.3. The first-order valence-electron chi connectivity index (χ1n) is 4.53. The van der Waals surface area contributed by atoms with Crippen LogP contribution in [0.3, 0.4) is 0 Å². The van der Waals surface area contributed by atoms with Gasteiger partial charge in [-0.2, -0.15) is 5.26 Å². The lowest BCUT2D eigenvalue weighted by Crippen LogP contribution is -2.12. The lowest BCUT2D eigenvalue weighted by atomic mass is 10.1. The van der Waals surface area contributed by atoms with E-state index in [1.54, 1.807) is 0 Å². The van der Waals surface area contributed by atoms with E-state index in [-0.39, 0.29) is 0 Å². The normalized spacial score (nSPS) is 9.07. The molecule has 3 heteroatoms. The van der Waals surface area contributed by atoms with E-state index in [2.05, 4.69) is 11.4 Å². The molecule has 0 saturated carbocycles. The molecule has 0 aromatic heterocycles. The van der Waals surface area contributed by atoms with Crippen LogP contribution in [0.1, 0.15) is 17.5 Å². The van der Waals surface area contributed by atoms with Gasteiger partial charge in [0.1, 0.15) is 0 Å². The molecule has 0 atom stereocenters. The van der Waals surface area contributed by atoms with Gasteiger partial charge in [0.2, 0.25) is 6.41 Å².